The molecule has 0 aliphatic carbocycles. The molecule has 0 aliphatic heterocycles. The molecule has 28 heavy (non-hydrogen) atoms. The number of carbonyl (C=O) groups is 1. The fourth-order valence-electron chi connectivity index (χ4n) is 2.79. The molecule has 6 heteroatoms. The summed E-state index contributed by atoms with van der Waals surface area (Å²) in [5, 5.41) is 2.69. The number of allylic oxidation sites excluding steroid dienone is 1. The van der Waals surface area contributed by atoms with E-state index in [-0.39, 0.29) is 4.90 Å². The van der Waals surface area contributed by atoms with Gasteiger partial charge in [-0.25, -0.2) is 0 Å². The van der Waals surface area contributed by atoms with Gasteiger partial charge in [0.15, 0.2) is 0 Å². The van der Waals surface area contributed by atoms with Gasteiger partial charge in [-0.3, -0.25) is 8.98 Å². The van der Waals surface area contributed by atoms with Crippen LogP contribution in [0.1, 0.15) is 70.8 Å². The van der Waals surface area contributed by atoms with Gasteiger partial charge in [-0.05, 0) is 43.7 Å². The zero-order chi connectivity index (χ0) is 20.7. The number of unbranched alkanes of at least 4 members (excludes halogenated alkanes) is 5. The summed E-state index contributed by atoms with van der Waals surface area (Å²) < 4.78 is 29.8. The molecule has 0 aliphatic rings. The fourth-order valence-corrected chi connectivity index (χ4v) is 3.91. The Labute approximate surface area is 170 Å². The zero-order valence-corrected chi connectivity index (χ0v) is 18.1. The molecule has 1 rings (SSSR count). The van der Waals surface area contributed by atoms with Crippen molar-refractivity contribution in [2.24, 2.45) is 0 Å². The first-order valence-electron chi connectivity index (χ1n) is 10.4. The summed E-state index contributed by atoms with van der Waals surface area (Å²) in [5.41, 5.74) is 0.730. The minimum atomic E-state index is -3.94. The number of benzene rings is 1. The maximum atomic E-state index is 12.4. The van der Waals surface area contributed by atoms with E-state index in [1.54, 1.807) is 12.1 Å². The molecule has 158 valence electrons. The lowest BCUT2D eigenvalue weighted by atomic mass is 10.1. The summed E-state index contributed by atoms with van der Waals surface area (Å²) in [4.78, 5) is 12.0. The highest BCUT2D eigenvalue weighted by molar-refractivity contribution is 7.86. The van der Waals surface area contributed by atoms with Crippen molar-refractivity contribution in [3.05, 3.63) is 42.0 Å². The van der Waals surface area contributed by atoms with Crippen LogP contribution in [0.3, 0.4) is 0 Å². The molecule has 0 spiro atoms. The summed E-state index contributed by atoms with van der Waals surface area (Å²) >= 11 is 0. The lowest BCUT2D eigenvalue weighted by Crippen LogP contribution is -2.29. The van der Waals surface area contributed by atoms with Crippen LogP contribution in [0.4, 0.5) is 0 Å². The lowest BCUT2D eigenvalue weighted by molar-refractivity contribution is -0.122. The van der Waals surface area contributed by atoms with Crippen LogP contribution in [-0.4, -0.2) is 27.5 Å². The van der Waals surface area contributed by atoms with Gasteiger partial charge >= 0.3 is 0 Å². The van der Waals surface area contributed by atoms with Crippen LogP contribution in [-0.2, 0) is 25.5 Å². The predicted molar refractivity (Wildman–Crippen MR) is 114 cm³/mol. The summed E-state index contributed by atoms with van der Waals surface area (Å²) in [5.74, 6) is -0.425. The molecule has 0 unspecified atom stereocenters. The van der Waals surface area contributed by atoms with Gasteiger partial charge in [-0.2, -0.15) is 8.42 Å². The van der Waals surface area contributed by atoms with Crippen LogP contribution >= 0.6 is 0 Å². The first-order chi connectivity index (χ1) is 13.5. The maximum absolute atomic E-state index is 12.4. The van der Waals surface area contributed by atoms with Gasteiger partial charge in [-0.1, -0.05) is 69.9 Å². The van der Waals surface area contributed by atoms with Crippen LogP contribution in [0.25, 0.3) is 0 Å². The van der Waals surface area contributed by atoms with E-state index < -0.39 is 22.6 Å². The molecule has 1 amide bonds. The summed E-state index contributed by atoms with van der Waals surface area (Å²) in [6.07, 6.45) is 13.5. The predicted octanol–water partition coefficient (Wildman–Crippen LogP) is 4.77. The molecule has 0 heterocycles. The fraction of sp³-hybridized carbons (Fsp3) is 0.591. The molecule has 0 saturated heterocycles. The highest BCUT2D eigenvalue weighted by Gasteiger charge is 2.20. The highest BCUT2D eigenvalue weighted by Crippen LogP contribution is 2.19. The van der Waals surface area contributed by atoms with E-state index in [9.17, 15) is 13.2 Å². The number of hydrogen-bond donors (Lipinski definition) is 1. The third-order valence-corrected chi connectivity index (χ3v) is 5.78. The van der Waals surface area contributed by atoms with E-state index in [0.29, 0.717) is 13.0 Å². The number of nitrogens with one attached hydrogen (secondary N) is 1. The minimum absolute atomic E-state index is 0.155. The average Bonchev–Trinajstić information content (AvgIpc) is 2.69. The van der Waals surface area contributed by atoms with Gasteiger partial charge < -0.3 is 5.32 Å². The van der Waals surface area contributed by atoms with Crippen molar-refractivity contribution >= 4 is 16.0 Å². The van der Waals surface area contributed by atoms with Crippen molar-refractivity contribution in [1.82, 2.24) is 5.32 Å². The molecule has 0 fully saturated rings. The summed E-state index contributed by atoms with van der Waals surface area (Å²) in [7, 11) is -3.94. The van der Waals surface area contributed by atoms with Crippen LogP contribution in [0, 0.1) is 0 Å². The molecule has 0 bridgehead atoms. The first-order valence-corrected chi connectivity index (χ1v) is 11.8. The van der Waals surface area contributed by atoms with Crippen LogP contribution in [0.5, 0.6) is 0 Å². The Morgan fingerprint density at radius 2 is 1.71 bits per heavy atom. The van der Waals surface area contributed by atoms with Gasteiger partial charge in [0.1, 0.15) is 6.61 Å². The molecule has 1 aromatic carbocycles. The number of aryl methyl sites for hydroxylation is 1. The Kier molecular flexibility index (Phi) is 12.5. The van der Waals surface area contributed by atoms with Crippen LogP contribution in [0.15, 0.2) is 41.3 Å². The van der Waals surface area contributed by atoms with E-state index in [2.05, 4.69) is 25.2 Å². The Balaban J connectivity index is 2.35. The van der Waals surface area contributed by atoms with Crippen molar-refractivity contribution < 1.29 is 17.4 Å². The standard InChI is InChI=1S/C22H35NO4S/c1-3-5-7-8-9-10-11-14-18-23-22(24)19-27-28(25,26)21-17-13-12-16-20(21)15-6-4-2/h10-13,16-17H,3-9,14-15,18-19H2,1-2H3,(H,23,24). The van der Waals surface area contributed by atoms with E-state index in [4.69, 9.17) is 4.18 Å². The van der Waals surface area contributed by atoms with Gasteiger partial charge in [0.05, 0.1) is 4.90 Å². The monoisotopic (exact) mass is 409 g/mol. The van der Waals surface area contributed by atoms with Crippen LogP contribution < -0.4 is 5.32 Å². The Hall–Kier alpha value is -1.66. The van der Waals surface area contributed by atoms with Gasteiger partial charge in [-0.15, -0.1) is 0 Å². The Morgan fingerprint density at radius 3 is 2.46 bits per heavy atom. The third-order valence-electron chi connectivity index (χ3n) is 4.41. The number of hydrogen-bond acceptors (Lipinski definition) is 4. The van der Waals surface area contributed by atoms with Crippen molar-refractivity contribution in [2.45, 2.75) is 76.5 Å². The third kappa shape index (κ3) is 10.0. The van der Waals surface area contributed by atoms with Crippen molar-refractivity contribution in [2.75, 3.05) is 13.2 Å². The molecular formula is C22H35NO4S. The average molecular weight is 410 g/mol. The SMILES string of the molecule is CCCCCCC=CCCNC(=O)COS(=O)(=O)c1ccccc1CCCC. The molecule has 1 aromatic rings. The van der Waals surface area contributed by atoms with Gasteiger partial charge in [0.2, 0.25) is 5.91 Å². The summed E-state index contributed by atoms with van der Waals surface area (Å²) in [6, 6.07) is 6.80. The lowest BCUT2D eigenvalue weighted by Gasteiger charge is -2.10. The van der Waals surface area contributed by atoms with E-state index in [1.807, 2.05) is 12.1 Å². The quantitative estimate of drug-likeness (QED) is 0.257. The Bertz CT molecular complexity index is 698. The smallest absolute Gasteiger partial charge is 0.297 e. The second-order valence-electron chi connectivity index (χ2n) is 6.89. The van der Waals surface area contributed by atoms with Crippen LogP contribution in [0.2, 0.25) is 0 Å². The van der Waals surface area contributed by atoms with E-state index in [1.165, 1.54) is 31.7 Å². The second-order valence-corrected chi connectivity index (χ2v) is 8.47. The summed E-state index contributed by atoms with van der Waals surface area (Å²) in [6.45, 7) is 4.23. The van der Waals surface area contributed by atoms with Crippen molar-refractivity contribution in [3.8, 4) is 0 Å². The first kappa shape index (κ1) is 24.4. The zero-order valence-electron chi connectivity index (χ0n) is 17.3. The van der Waals surface area contributed by atoms with Crippen molar-refractivity contribution in [3.63, 3.8) is 0 Å². The molecule has 0 atom stereocenters. The Morgan fingerprint density at radius 1 is 1.00 bits per heavy atom. The van der Waals surface area contributed by atoms with E-state index in [0.717, 1.165) is 31.2 Å². The molecule has 1 N–H and O–H groups in total. The number of rotatable bonds is 15. The van der Waals surface area contributed by atoms with Gasteiger partial charge in [0, 0.05) is 6.54 Å². The largest absolute Gasteiger partial charge is 0.354 e. The molecule has 0 saturated carbocycles. The normalized spacial score (nSPS) is 11.8. The van der Waals surface area contributed by atoms with Gasteiger partial charge in [0.25, 0.3) is 10.1 Å². The molecular weight excluding hydrogens is 374 g/mol. The molecule has 5 nitrogen and oxygen atoms in total. The number of carbonyl (C=O) groups excluding carboxylic acids is 1. The molecule has 0 radical (unpaired) electrons. The topological polar surface area (TPSA) is 72.5 Å². The number of amides is 1. The maximum Gasteiger partial charge on any atom is 0.297 e. The second kappa shape index (κ2) is 14.4. The molecule has 0 aromatic heterocycles. The minimum Gasteiger partial charge on any atom is -0.354 e. The van der Waals surface area contributed by atoms with E-state index >= 15 is 0 Å². The highest BCUT2D eigenvalue weighted by atomic mass is 32.2. The van der Waals surface area contributed by atoms with Crippen molar-refractivity contribution in [1.29, 1.82) is 0 Å².